The number of nitriles is 1. The first kappa shape index (κ1) is 12.3. The Morgan fingerprint density at radius 1 is 1.40 bits per heavy atom. The van der Waals surface area contributed by atoms with Crippen LogP contribution in [0.5, 0.6) is 0 Å². The van der Waals surface area contributed by atoms with Crippen molar-refractivity contribution in [2.75, 3.05) is 11.9 Å². The zero-order valence-corrected chi connectivity index (χ0v) is 10.7. The van der Waals surface area contributed by atoms with E-state index in [1.54, 1.807) is 6.20 Å². The van der Waals surface area contributed by atoms with Gasteiger partial charge < -0.3 is 10.6 Å². The highest BCUT2D eigenvalue weighted by Crippen LogP contribution is 2.19. The van der Waals surface area contributed by atoms with Crippen LogP contribution in [0.1, 0.15) is 17.0 Å². The van der Waals surface area contributed by atoms with Gasteiger partial charge in [0.15, 0.2) is 0 Å². The Bertz CT molecular complexity index is 667. The zero-order valence-electron chi connectivity index (χ0n) is 10.7. The molecule has 0 saturated carbocycles. The van der Waals surface area contributed by atoms with Crippen LogP contribution in [0.25, 0.3) is 5.57 Å². The molecule has 0 aliphatic carbocycles. The van der Waals surface area contributed by atoms with Gasteiger partial charge in [-0.15, -0.1) is 10.2 Å². The number of anilines is 1. The van der Waals surface area contributed by atoms with E-state index in [9.17, 15) is 0 Å². The molecule has 3 N–H and O–H groups in total. The maximum absolute atomic E-state index is 9.08. The third-order valence-electron chi connectivity index (χ3n) is 3.18. The highest BCUT2D eigenvalue weighted by molar-refractivity contribution is 5.74. The zero-order chi connectivity index (χ0) is 13.8. The van der Waals surface area contributed by atoms with Gasteiger partial charge >= 0.3 is 0 Å². The maximum atomic E-state index is 9.08. The summed E-state index contributed by atoms with van der Waals surface area (Å²) in [6.45, 7) is 1.91. The monoisotopic (exact) mass is 267 g/mol. The molecule has 0 atom stereocenters. The van der Waals surface area contributed by atoms with Crippen molar-refractivity contribution in [3.8, 4) is 6.07 Å². The topological polar surface area (TPSA) is 102 Å². The van der Waals surface area contributed by atoms with E-state index < -0.39 is 0 Å². The molecule has 2 aromatic rings. The van der Waals surface area contributed by atoms with Crippen molar-refractivity contribution in [3.63, 3.8) is 0 Å². The van der Waals surface area contributed by atoms with Crippen molar-refractivity contribution in [2.24, 2.45) is 0 Å². The molecule has 0 bridgehead atoms. The number of aromatic nitrogens is 4. The van der Waals surface area contributed by atoms with E-state index in [2.05, 4.69) is 43.4 Å². The van der Waals surface area contributed by atoms with Gasteiger partial charge in [-0.25, -0.2) is 0 Å². The summed E-state index contributed by atoms with van der Waals surface area (Å²) in [5.41, 5.74) is 3.93. The normalized spacial score (nSPS) is 14.4. The van der Waals surface area contributed by atoms with Crippen LogP contribution in [0.3, 0.4) is 0 Å². The summed E-state index contributed by atoms with van der Waals surface area (Å²) in [6, 6.07) is 8.24. The Balaban J connectivity index is 1.79. The van der Waals surface area contributed by atoms with Gasteiger partial charge in [0.2, 0.25) is 5.82 Å². The van der Waals surface area contributed by atoms with Crippen LogP contribution in [-0.4, -0.2) is 27.2 Å². The Hall–Kier alpha value is -2.72. The molecule has 7 heteroatoms. The standard InChI is InChI=1S/C13H13N7/c14-6-11(13-17-19-20-18-13)8-16-12-2-1-10-7-15-4-3-9(10)5-12/h1-2,5,8,15-16H,3-4,7H2,(H,17,18,19,20). The number of nitrogens with zero attached hydrogens (tertiary/aromatic N) is 4. The fourth-order valence-corrected chi connectivity index (χ4v) is 2.15. The maximum Gasteiger partial charge on any atom is 0.216 e. The van der Waals surface area contributed by atoms with E-state index in [-0.39, 0.29) is 5.82 Å². The molecule has 0 radical (unpaired) electrons. The smallest absolute Gasteiger partial charge is 0.216 e. The summed E-state index contributed by atoms with van der Waals surface area (Å²) < 4.78 is 0. The van der Waals surface area contributed by atoms with E-state index in [0.29, 0.717) is 5.57 Å². The van der Waals surface area contributed by atoms with Crippen molar-refractivity contribution in [2.45, 2.75) is 13.0 Å². The average Bonchev–Trinajstić information content (AvgIpc) is 3.02. The molecule has 20 heavy (non-hydrogen) atoms. The van der Waals surface area contributed by atoms with Crippen molar-refractivity contribution in [3.05, 3.63) is 41.4 Å². The minimum Gasteiger partial charge on any atom is -0.360 e. The lowest BCUT2D eigenvalue weighted by molar-refractivity contribution is 0.644. The quantitative estimate of drug-likeness (QED) is 0.712. The summed E-state index contributed by atoms with van der Waals surface area (Å²) in [6.07, 6.45) is 2.61. The lowest BCUT2D eigenvalue weighted by atomic mass is 10.0. The molecule has 0 amide bonds. The molecule has 3 rings (SSSR count). The number of benzene rings is 1. The minimum absolute atomic E-state index is 0.280. The Morgan fingerprint density at radius 3 is 3.15 bits per heavy atom. The highest BCUT2D eigenvalue weighted by atomic mass is 15.5. The number of H-pyrrole nitrogens is 1. The highest BCUT2D eigenvalue weighted by Gasteiger charge is 2.09. The van der Waals surface area contributed by atoms with Crippen LogP contribution in [0, 0.1) is 11.3 Å². The molecule has 100 valence electrons. The molecule has 0 saturated heterocycles. The molecule has 1 aromatic carbocycles. The van der Waals surface area contributed by atoms with E-state index >= 15 is 0 Å². The van der Waals surface area contributed by atoms with Gasteiger partial charge in [0.25, 0.3) is 0 Å². The van der Waals surface area contributed by atoms with Crippen molar-refractivity contribution >= 4 is 11.3 Å². The van der Waals surface area contributed by atoms with Gasteiger partial charge in [-0.3, -0.25) is 0 Å². The number of hydrogen-bond acceptors (Lipinski definition) is 6. The second-order valence-electron chi connectivity index (χ2n) is 4.46. The summed E-state index contributed by atoms with van der Waals surface area (Å²) in [7, 11) is 0. The van der Waals surface area contributed by atoms with Crippen LogP contribution in [-0.2, 0) is 13.0 Å². The van der Waals surface area contributed by atoms with Crippen LogP contribution < -0.4 is 10.6 Å². The molecule has 0 unspecified atom stereocenters. The second-order valence-corrected chi connectivity index (χ2v) is 4.46. The number of hydrogen-bond donors (Lipinski definition) is 3. The van der Waals surface area contributed by atoms with Crippen molar-refractivity contribution in [1.82, 2.24) is 25.9 Å². The van der Waals surface area contributed by atoms with Crippen LogP contribution in [0.15, 0.2) is 24.4 Å². The third-order valence-corrected chi connectivity index (χ3v) is 3.18. The first-order valence-corrected chi connectivity index (χ1v) is 6.30. The van der Waals surface area contributed by atoms with Gasteiger partial charge in [0, 0.05) is 18.4 Å². The first-order valence-electron chi connectivity index (χ1n) is 6.30. The lowest BCUT2D eigenvalue weighted by Gasteiger charge is -2.17. The van der Waals surface area contributed by atoms with Crippen molar-refractivity contribution in [1.29, 1.82) is 5.26 Å². The second kappa shape index (κ2) is 5.50. The van der Waals surface area contributed by atoms with Gasteiger partial charge in [-0.05, 0) is 41.4 Å². The largest absolute Gasteiger partial charge is 0.360 e. The number of rotatable bonds is 3. The number of tetrazole rings is 1. The average molecular weight is 267 g/mol. The third kappa shape index (κ3) is 2.50. The fourth-order valence-electron chi connectivity index (χ4n) is 2.15. The molecule has 2 heterocycles. The fraction of sp³-hybridized carbons (Fsp3) is 0.231. The Morgan fingerprint density at radius 2 is 2.35 bits per heavy atom. The van der Waals surface area contributed by atoms with Crippen LogP contribution in [0.2, 0.25) is 0 Å². The predicted molar refractivity (Wildman–Crippen MR) is 73.2 cm³/mol. The molecule has 1 aliphatic heterocycles. The Labute approximate surface area is 115 Å². The van der Waals surface area contributed by atoms with Gasteiger partial charge in [0.05, 0.1) is 0 Å². The number of nitrogens with one attached hydrogen (secondary N) is 3. The Kier molecular flexibility index (Phi) is 3.39. The summed E-state index contributed by atoms with van der Waals surface area (Å²) >= 11 is 0. The summed E-state index contributed by atoms with van der Waals surface area (Å²) in [5.74, 6) is 0.280. The van der Waals surface area contributed by atoms with Gasteiger partial charge in [0.1, 0.15) is 11.6 Å². The predicted octanol–water partition coefficient (Wildman–Crippen LogP) is 0.822. The first-order chi connectivity index (χ1) is 9.86. The van der Waals surface area contributed by atoms with E-state index in [1.807, 2.05) is 12.1 Å². The summed E-state index contributed by atoms with van der Waals surface area (Å²) in [5, 5.41) is 28.9. The van der Waals surface area contributed by atoms with E-state index in [0.717, 1.165) is 25.2 Å². The number of fused-ring (bicyclic) bond motifs is 1. The van der Waals surface area contributed by atoms with Gasteiger partial charge in [-0.1, -0.05) is 6.07 Å². The molecule has 1 aliphatic rings. The summed E-state index contributed by atoms with van der Waals surface area (Å²) in [4.78, 5) is 0. The van der Waals surface area contributed by atoms with E-state index in [4.69, 9.17) is 5.26 Å². The van der Waals surface area contributed by atoms with Gasteiger partial charge in [-0.2, -0.15) is 10.5 Å². The lowest BCUT2D eigenvalue weighted by Crippen LogP contribution is -2.23. The molecule has 7 nitrogen and oxygen atoms in total. The molecule has 0 fully saturated rings. The van der Waals surface area contributed by atoms with Crippen LogP contribution >= 0.6 is 0 Å². The number of aromatic amines is 1. The van der Waals surface area contributed by atoms with E-state index in [1.165, 1.54) is 11.1 Å². The molecule has 0 spiro atoms. The SMILES string of the molecule is N#CC(=CNc1ccc2c(c1)CCNC2)c1nn[nH]n1. The van der Waals surface area contributed by atoms with Crippen molar-refractivity contribution < 1.29 is 0 Å². The van der Waals surface area contributed by atoms with Crippen LogP contribution in [0.4, 0.5) is 5.69 Å². The minimum atomic E-state index is 0.280. The molecular weight excluding hydrogens is 254 g/mol. The number of allylic oxidation sites excluding steroid dienone is 1. The molecular formula is C13H13N7. The molecule has 1 aromatic heterocycles.